The maximum absolute atomic E-state index is 5.43. The van der Waals surface area contributed by atoms with Gasteiger partial charge in [-0.25, -0.2) is 9.50 Å². The molecule has 24 heavy (non-hydrogen) atoms. The highest BCUT2D eigenvalue weighted by molar-refractivity contribution is 5.56. The van der Waals surface area contributed by atoms with Gasteiger partial charge in [-0.2, -0.15) is 4.98 Å². The lowest BCUT2D eigenvalue weighted by molar-refractivity contribution is 0.297. The van der Waals surface area contributed by atoms with E-state index in [1.807, 2.05) is 55.7 Å². The molecule has 4 aromatic rings. The predicted octanol–water partition coefficient (Wildman–Crippen LogP) is 2.41. The molecule has 0 unspecified atom stereocenters. The molecule has 7 heteroatoms. The van der Waals surface area contributed by atoms with Crippen LogP contribution < -0.4 is 0 Å². The Labute approximate surface area is 138 Å². The maximum atomic E-state index is 5.43. The van der Waals surface area contributed by atoms with Crippen molar-refractivity contribution in [3.05, 3.63) is 66.4 Å². The van der Waals surface area contributed by atoms with Gasteiger partial charge >= 0.3 is 0 Å². The second-order valence-corrected chi connectivity index (χ2v) is 5.61. The standard InChI is InChI=1S/C17H16N6O/c1-22(12-16-19-17-18-8-5-9-23(17)20-16)11-14-10-15(24-21-14)13-6-3-2-4-7-13/h2-10H,11-12H2,1H3. The lowest BCUT2D eigenvalue weighted by Gasteiger charge is -2.11. The molecule has 7 nitrogen and oxygen atoms in total. The minimum absolute atomic E-state index is 0.605. The Morgan fingerprint density at radius 1 is 1.12 bits per heavy atom. The van der Waals surface area contributed by atoms with Crippen LogP contribution in [0.2, 0.25) is 0 Å². The van der Waals surface area contributed by atoms with E-state index in [0.29, 0.717) is 18.9 Å². The van der Waals surface area contributed by atoms with Gasteiger partial charge in [0.1, 0.15) is 0 Å². The van der Waals surface area contributed by atoms with E-state index in [0.717, 1.165) is 22.8 Å². The zero-order valence-corrected chi connectivity index (χ0v) is 13.2. The Hall–Kier alpha value is -3.06. The first-order chi connectivity index (χ1) is 11.8. The van der Waals surface area contributed by atoms with Crippen LogP contribution in [0.3, 0.4) is 0 Å². The van der Waals surface area contributed by atoms with Crippen molar-refractivity contribution in [1.29, 1.82) is 0 Å². The molecule has 0 saturated heterocycles. The predicted molar refractivity (Wildman–Crippen MR) is 87.9 cm³/mol. The van der Waals surface area contributed by atoms with Crippen LogP contribution in [0.1, 0.15) is 11.5 Å². The third kappa shape index (κ3) is 3.02. The van der Waals surface area contributed by atoms with Crippen LogP contribution >= 0.6 is 0 Å². The minimum atomic E-state index is 0.605. The highest BCUT2D eigenvalue weighted by Gasteiger charge is 2.11. The summed E-state index contributed by atoms with van der Waals surface area (Å²) in [5, 5.41) is 8.55. The van der Waals surface area contributed by atoms with E-state index < -0.39 is 0 Å². The molecule has 0 amide bonds. The molecule has 0 atom stereocenters. The van der Waals surface area contributed by atoms with Crippen molar-refractivity contribution in [2.45, 2.75) is 13.1 Å². The quantitative estimate of drug-likeness (QED) is 0.562. The number of nitrogens with zero attached hydrogens (tertiary/aromatic N) is 6. The molecule has 0 aliphatic rings. The van der Waals surface area contributed by atoms with Gasteiger partial charge in [-0.3, -0.25) is 4.90 Å². The Kier molecular flexibility index (Phi) is 3.76. The fraction of sp³-hybridized carbons (Fsp3) is 0.176. The van der Waals surface area contributed by atoms with Crippen LogP contribution in [-0.2, 0) is 13.1 Å². The second kappa shape index (κ2) is 6.21. The number of rotatable bonds is 5. The van der Waals surface area contributed by atoms with E-state index in [1.54, 1.807) is 10.7 Å². The maximum Gasteiger partial charge on any atom is 0.252 e. The van der Waals surface area contributed by atoms with Crippen molar-refractivity contribution < 1.29 is 4.52 Å². The zero-order chi connectivity index (χ0) is 16.4. The Bertz CT molecular complexity index is 913. The van der Waals surface area contributed by atoms with Crippen molar-refractivity contribution in [3.8, 4) is 11.3 Å². The summed E-state index contributed by atoms with van der Waals surface area (Å²) in [6.45, 7) is 1.26. The van der Waals surface area contributed by atoms with Gasteiger partial charge in [0, 0.05) is 30.6 Å². The average molecular weight is 320 g/mol. The van der Waals surface area contributed by atoms with Crippen LogP contribution in [0.5, 0.6) is 0 Å². The Balaban J connectivity index is 1.44. The highest BCUT2D eigenvalue weighted by atomic mass is 16.5. The van der Waals surface area contributed by atoms with Crippen LogP contribution in [0.25, 0.3) is 17.1 Å². The first kappa shape index (κ1) is 14.5. The van der Waals surface area contributed by atoms with Gasteiger partial charge in [0.15, 0.2) is 11.6 Å². The second-order valence-electron chi connectivity index (χ2n) is 5.61. The summed E-state index contributed by atoms with van der Waals surface area (Å²) in [4.78, 5) is 10.7. The Morgan fingerprint density at radius 2 is 2.00 bits per heavy atom. The molecule has 0 aliphatic carbocycles. The molecule has 1 aromatic carbocycles. The smallest absolute Gasteiger partial charge is 0.252 e. The largest absolute Gasteiger partial charge is 0.356 e. The molecule has 4 rings (SSSR count). The van der Waals surface area contributed by atoms with Gasteiger partial charge in [-0.05, 0) is 13.1 Å². The van der Waals surface area contributed by atoms with E-state index >= 15 is 0 Å². The van der Waals surface area contributed by atoms with E-state index in [2.05, 4.69) is 25.1 Å². The van der Waals surface area contributed by atoms with E-state index in [4.69, 9.17) is 4.52 Å². The fourth-order valence-electron chi connectivity index (χ4n) is 2.54. The van der Waals surface area contributed by atoms with Crippen molar-refractivity contribution in [3.63, 3.8) is 0 Å². The van der Waals surface area contributed by atoms with Gasteiger partial charge in [-0.15, -0.1) is 5.10 Å². The monoisotopic (exact) mass is 320 g/mol. The molecule has 3 heterocycles. The molecule has 0 N–H and O–H groups in total. The topological polar surface area (TPSA) is 72.4 Å². The van der Waals surface area contributed by atoms with Gasteiger partial charge < -0.3 is 4.52 Å². The summed E-state index contributed by atoms with van der Waals surface area (Å²) in [7, 11) is 2.00. The average Bonchev–Trinajstić information content (AvgIpc) is 3.21. The van der Waals surface area contributed by atoms with E-state index in [9.17, 15) is 0 Å². The summed E-state index contributed by atoms with van der Waals surface area (Å²) in [6, 6.07) is 13.7. The van der Waals surface area contributed by atoms with Crippen LogP contribution in [-0.4, -0.2) is 36.7 Å². The summed E-state index contributed by atoms with van der Waals surface area (Å²) in [6.07, 6.45) is 3.54. The van der Waals surface area contributed by atoms with Crippen LogP contribution in [0.15, 0.2) is 59.4 Å². The summed E-state index contributed by atoms with van der Waals surface area (Å²) in [5.41, 5.74) is 1.89. The molecule has 0 saturated carbocycles. The SMILES string of the molecule is CN(Cc1cc(-c2ccccc2)on1)Cc1nc2ncccn2n1. The molecule has 0 radical (unpaired) electrons. The summed E-state index contributed by atoms with van der Waals surface area (Å²) < 4.78 is 7.10. The number of hydrogen-bond acceptors (Lipinski definition) is 6. The van der Waals surface area contributed by atoms with Crippen LogP contribution in [0, 0.1) is 0 Å². The first-order valence-electron chi connectivity index (χ1n) is 7.64. The van der Waals surface area contributed by atoms with Gasteiger partial charge in [0.05, 0.1) is 12.2 Å². The number of benzene rings is 1. The molecular formula is C17H16N6O. The number of hydrogen-bond donors (Lipinski definition) is 0. The highest BCUT2D eigenvalue weighted by Crippen LogP contribution is 2.20. The molecule has 3 aromatic heterocycles. The van der Waals surface area contributed by atoms with Crippen LogP contribution in [0.4, 0.5) is 0 Å². The third-order valence-electron chi connectivity index (χ3n) is 3.62. The van der Waals surface area contributed by atoms with Gasteiger partial charge in [0.2, 0.25) is 0 Å². The molecule has 0 bridgehead atoms. The van der Waals surface area contributed by atoms with Crippen molar-refractivity contribution in [2.75, 3.05) is 7.05 Å². The van der Waals surface area contributed by atoms with Crippen molar-refractivity contribution in [2.24, 2.45) is 0 Å². The summed E-state index contributed by atoms with van der Waals surface area (Å²) >= 11 is 0. The minimum Gasteiger partial charge on any atom is -0.356 e. The van der Waals surface area contributed by atoms with Gasteiger partial charge in [0.25, 0.3) is 5.78 Å². The fourth-order valence-corrected chi connectivity index (χ4v) is 2.54. The lowest BCUT2D eigenvalue weighted by Crippen LogP contribution is -2.18. The third-order valence-corrected chi connectivity index (χ3v) is 3.62. The lowest BCUT2D eigenvalue weighted by atomic mass is 10.1. The van der Waals surface area contributed by atoms with E-state index in [-0.39, 0.29) is 0 Å². The molecule has 0 aliphatic heterocycles. The first-order valence-corrected chi connectivity index (χ1v) is 7.64. The number of aromatic nitrogens is 5. The van der Waals surface area contributed by atoms with Crippen molar-refractivity contribution >= 4 is 5.78 Å². The number of fused-ring (bicyclic) bond motifs is 1. The normalized spacial score (nSPS) is 11.4. The molecule has 120 valence electrons. The Morgan fingerprint density at radius 3 is 2.83 bits per heavy atom. The molecule has 0 spiro atoms. The summed E-state index contributed by atoms with van der Waals surface area (Å²) in [5.74, 6) is 2.10. The zero-order valence-electron chi connectivity index (χ0n) is 13.2. The molecular weight excluding hydrogens is 304 g/mol. The van der Waals surface area contributed by atoms with Crippen molar-refractivity contribution in [1.82, 2.24) is 29.6 Å². The van der Waals surface area contributed by atoms with Gasteiger partial charge in [-0.1, -0.05) is 35.5 Å². The van der Waals surface area contributed by atoms with E-state index in [1.165, 1.54) is 0 Å². The molecule has 0 fully saturated rings.